The Morgan fingerprint density at radius 2 is 1.71 bits per heavy atom. The van der Waals surface area contributed by atoms with Crippen molar-refractivity contribution in [2.75, 3.05) is 25.6 Å². The van der Waals surface area contributed by atoms with Crippen LogP contribution in [0.4, 0.5) is 5.13 Å². The Kier molecular flexibility index (Phi) is 7.37. The van der Waals surface area contributed by atoms with Crippen molar-refractivity contribution < 1.29 is 23.8 Å². The van der Waals surface area contributed by atoms with Crippen molar-refractivity contribution in [2.24, 2.45) is 0 Å². The monoisotopic (exact) mass is 459 g/mol. The molecule has 0 spiro atoms. The van der Waals surface area contributed by atoms with E-state index in [4.69, 9.17) is 26.4 Å². The third-order valence-electron chi connectivity index (χ3n) is 4.02. The first-order chi connectivity index (χ1) is 14.9. The molecule has 0 fully saturated rings. The predicted molar refractivity (Wildman–Crippen MR) is 123 cm³/mol. The van der Waals surface area contributed by atoms with Crippen molar-refractivity contribution in [1.82, 2.24) is 10.3 Å². The smallest absolute Gasteiger partial charge is 0.337 e. The number of thiocarbonyl (C=S) groups is 1. The molecule has 162 valence electrons. The van der Waals surface area contributed by atoms with Gasteiger partial charge >= 0.3 is 5.97 Å². The van der Waals surface area contributed by atoms with Gasteiger partial charge in [0.05, 0.1) is 36.1 Å². The lowest BCUT2D eigenvalue weighted by Crippen LogP contribution is -2.34. The Hall–Kier alpha value is -3.24. The van der Waals surface area contributed by atoms with Crippen LogP contribution in [0.25, 0.3) is 10.2 Å². The van der Waals surface area contributed by atoms with Gasteiger partial charge in [0.2, 0.25) is 0 Å². The summed E-state index contributed by atoms with van der Waals surface area (Å²) in [5, 5.41) is 6.11. The maximum Gasteiger partial charge on any atom is 0.337 e. The summed E-state index contributed by atoms with van der Waals surface area (Å²) in [6.45, 7) is 4.65. The summed E-state index contributed by atoms with van der Waals surface area (Å²) in [6, 6.07) is 10.0. The first-order valence-corrected chi connectivity index (χ1v) is 10.7. The number of carbonyl (C=O) groups is 2. The molecule has 0 unspecified atom stereocenters. The van der Waals surface area contributed by atoms with Crippen LogP contribution in [0.2, 0.25) is 0 Å². The highest BCUT2D eigenvalue weighted by molar-refractivity contribution is 7.80. The first-order valence-electron chi connectivity index (χ1n) is 9.45. The minimum atomic E-state index is -0.423. The number of nitrogens with one attached hydrogen (secondary N) is 2. The molecule has 0 bridgehead atoms. The quantitative estimate of drug-likeness (QED) is 0.404. The minimum absolute atomic E-state index is 0.0945. The minimum Gasteiger partial charge on any atom is -0.494 e. The molecule has 8 nitrogen and oxygen atoms in total. The van der Waals surface area contributed by atoms with Crippen molar-refractivity contribution in [1.29, 1.82) is 0 Å². The summed E-state index contributed by atoms with van der Waals surface area (Å²) in [7, 11) is 1.33. The number of esters is 1. The van der Waals surface area contributed by atoms with Crippen molar-refractivity contribution in [3.63, 3.8) is 0 Å². The fourth-order valence-electron chi connectivity index (χ4n) is 2.73. The van der Waals surface area contributed by atoms with E-state index in [1.165, 1.54) is 18.4 Å². The van der Waals surface area contributed by atoms with Crippen LogP contribution in [0.15, 0.2) is 36.4 Å². The van der Waals surface area contributed by atoms with Gasteiger partial charge in [-0.2, -0.15) is 0 Å². The van der Waals surface area contributed by atoms with Crippen LogP contribution in [0, 0.1) is 0 Å². The van der Waals surface area contributed by atoms with E-state index in [1.807, 2.05) is 13.8 Å². The SMILES string of the molecule is CCOc1cc(OCC)cc(C(=O)NC(=S)Nc2nc3ccc(C(=O)OC)cc3s2)c1. The van der Waals surface area contributed by atoms with Crippen LogP contribution < -0.4 is 20.1 Å². The Labute approximate surface area is 188 Å². The van der Waals surface area contributed by atoms with E-state index >= 15 is 0 Å². The van der Waals surface area contributed by atoms with Crippen molar-refractivity contribution in [2.45, 2.75) is 13.8 Å². The van der Waals surface area contributed by atoms with Gasteiger partial charge in [-0.05, 0) is 56.4 Å². The van der Waals surface area contributed by atoms with Gasteiger partial charge in [0, 0.05) is 11.6 Å². The number of hydrogen-bond acceptors (Lipinski definition) is 8. The van der Waals surface area contributed by atoms with E-state index in [0.717, 1.165) is 4.70 Å². The number of ether oxygens (including phenoxy) is 3. The number of benzene rings is 2. The van der Waals surface area contributed by atoms with Gasteiger partial charge in [-0.3, -0.25) is 10.1 Å². The normalized spacial score (nSPS) is 10.4. The van der Waals surface area contributed by atoms with Crippen LogP contribution in [0.3, 0.4) is 0 Å². The van der Waals surface area contributed by atoms with Gasteiger partial charge in [-0.15, -0.1) is 0 Å². The molecule has 0 saturated carbocycles. The topological polar surface area (TPSA) is 98.8 Å². The zero-order chi connectivity index (χ0) is 22.4. The van der Waals surface area contributed by atoms with E-state index in [-0.39, 0.29) is 5.11 Å². The molecule has 3 rings (SSSR count). The second-order valence-corrected chi connectivity index (χ2v) is 7.60. The number of thiazole rings is 1. The number of rotatable bonds is 7. The number of methoxy groups -OCH3 is 1. The Morgan fingerprint density at radius 1 is 1.03 bits per heavy atom. The second-order valence-electron chi connectivity index (χ2n) is 6.16. The summed E-state index contributed by atoms with van der Waals surface area (Å²) in [5.41, 5.74) is 1.48. The lowest BCUT2D eigenvalue weighted by molar-refractivity contribution is 0.0600. The van der Waals surface area contributed by atoms with Gasteiger partial charge in [0.15, 0.2) is 10.2 Å². The first kappa shape index (κ1) is 22.4. The third kappa shape index (κ3) is 5.68. The second kappa shape index (κ2) is 10.2. The van der Waals surface area contributed by atoms with Crippen LogP contribution in [-0.2, 0) is 4.74 Å². The summed E-state index contributed by atoms with van der Waals surface area (Å²) < 4.78 is 16.5. The Morgan fingerprint density at radius 3 is 2.32 bits per heavy atom. The number of anilines is 1. The summed E-state index contributed by atoms with van der Waals surface area (Å²) >= 11 is 6.56. The molecule has 1 heterocycles. The van der Waals surface area contributed by atoms with Crippen molar-refractivity contribution in [3.8, 4) is 11.5 Å². The van der Waals surface area contributed by atoms with Crippen molar-refractivity contribution >= 4 is 55.9 Å². The number of fused-ring (bicyclic) bond motifs is 1. The molecular formula is C21H21N3O5S2. The largest absolute Gasteiger partial charge is 0.494 e. The van der Waals surface area contributed by atoms with E-state index < -0.39 is 11.9 Å². The predicted octanol–water partition coefficient (Wildman–Crippen LogP) is 4.01. The molecule has 2 N–H and O–H groups in total. The molecule has 31 heavy (non-hydrogen) atoms. The van der Waals surface area contributed by atoms with Crippen LogP contribution >= 0.6 is 23.6 Å². The maximum absolute atomic E-state index is 12.7. The summed E-state index contributed by atoms with van der Waals surface area (Å²) in [6.07, 6.45) is 0. The third-order valence-corrected chi connectivity index (χ3v) is 5.16. The standard InChI is InChI=1S/C21H21N3O5S2/c1-4-28-14-8-13(9-15(11-14)29-5-2)18(25)23-20(30)24-21-22-16-7-6-12(19(26)27-3)10-17(16)31-21/h6-11H,4-5H2,1-3H3,(H2,22,23,24,25,30). The lowest BCUT2D eigenvalue weighted by atomic mass is 10.2. The van der Waals surface area contributed by atoms with E-state index in [0.29, 0.717) is 46.5 Å². The lowest BCUT2D eigenvalue weighted by Gasteiger charge is -2.11. The summed E-state index contributed by atoms with van der Waals surface area (Å²) in [5.74, 6) is 0.234. The molecular weight excluding hydrogens is 438 g/mol. The van der Waals surface area contributed by atoms with Gasteiger partial charge in [-0.25, -0.2) is 9.78 Å². The fraction of sp³-hybridized carbons (Fsp3) is 0.238. The Bertz CT molecular complexity index is 1110. The van der Waals surface area contributed by atoms with Gasteiger partial charge in [0.1, 0.15) is 11.5 Å². The molecule has 0 aliphatic carbocycles. The van der Waals surface area contributed by atoms with Crippen LogP contribution in [0.1, 0.15) is 34.6 Å². The number of aromatic nitrogens is 1. The van der Waals surface area contributed by atoms with E-state index in [9.17, 15) is 9.59 Å². The van der Waals surface area contributed by atoms with Gasteiger partial charge in [0.25, 0.3) is 5.91 Å². The number of amides is 1. The van der Waals surface area contributed by atoms with Crippen LogP contribution in [0.5, 0.6) is 11.5 Å². The number of carbonyl (C=O) groups excluding carboxylic acids is 2. The van der Waals surface area contributed by atoms with E-state index in [2.05, 4.69) is 15.6 Å². The molecule has 0 radical (unpaired) electrons. The molecule has 1 amide bonds. The zero-order valence-electron chi connectivity index (χ0n) is 17.2. The van der Waals surface area contributed by atoms with Crippen molar-refractivity contribution in [3.05, 3.63) is 47.5 Å². The number of nitrogens with zero attached hydrogens (tertiary/aromatic N) is 1. The summed E-state index contributed by atoms with van der Waals surface area (Å²) in [4.78, 5) is 28.8. The highest BCUT2D eigenvalue weighted by Crippen LogP contribution is 2.27. The fourth-order valence-corrected chi connectivity index (χ4v) is 3.89. The molecule has 0 aliphatic heterocycles. The van der Waals surface area contributed by atoms with Crippen LogP contribution in [-0.4, -0.2) is 42.3 Å². The molecule has 10 heteroatoms. The molecule has 0 atom stereocenters. The molecule has 0 aliphatic rings. The van der Waals surface area contributed by atoms with E-state index in [1.54, 1.807) is 36.4 Å². The number of hydrogen-bond donors (Lipinski definition) is 2. The average Bonchev–Trinajstić information content (AvgIpc) is 3.14. The average molecular weight is 460 g/mol. The van der Waals surface area contributed by atoms with Gasteiger partial charge < -0.3 is 19.5 Å². The molecule has 0 saturated heterocycles. The molecule has 2 aromatic carbocycles. The van der Waals surface area contributed by atoms with Gasteiger partial charge in [-0.1, -0.05) is 11.3 Å². The molecule has 1 aromatic heterocycles. The zero-order valence-corrected chi connectivity index (χ0v) is 18.8. The molecule has 3 aromatic rings. The maximum atomic E-state index is 12.7. The highest BCUT2D eigenvalue weighted by Gasteiger charge is 2.14. The Balaban J connectivity index is 1.71. The highest BCUT2D eigenvalue weighted by atomic mass is 32.1.